The van der Waals surface area contributed by atoms with E-state index in [4.69, 9.17) is 19.8 Å². The third-order valence-electron chi connectivity index (χ3n) is 4.63. The summed E-state index contributed by atoms with van der Waals surface area (Å²) in [5, 5.41) is 0. The van der Waals surface area contributed by atoms with Gasteiger partial charge in [-0.3, -0.25) is 4.79 Å². The van der Waals surface area contributed by atoms with Gasteiger partial charge in [0.05, 0.1) is 11.2 Å². The van der Waals surface area contributed by atoms with E-state index >= 15 is 0 Å². The zero-order valence-electron chi connectivity index (χ0n) is 14.8. The van der Waals surface area contributed by atoms with E-state index in [0.29, 0.717) is 5.75 Å². The van der Waals surface area contributed by atoms with E-state index in [-0.39, 0.29) is 11.4 Å². The molecule has 25 heavy (non-hydrogen) atoms. The Morgan fingerprint density at radius 3 is 2.44 bits per heavy atom. The van der Waals surface area contributed by atoms with Crippen LogP contribution in [0.5, 0.6) is 11.6 Å². The van der Waals surface area contributed by atoms with E-state index in [0.717, 1.165) is 5.46 Å². The number of rotatable bonds is 4. The maximum Gasteiger partial charge on any atom is 0.494 e. The quantitative estimate of drug-likeness (QED) is 0.864. The Bertz CT molecular complexity index is 791. The smallest absolute Gasteiger partial charge is 0.438 e. The number of benzene rings is 1. The van der Waals surface area contributed by atoms with Crippen LogP contribution in [-0.2, 0) is 9.31 Å². The van der Waals surface area contributed by atoms with Crippen molar-refractivity contribution in [1.29, 1.82) is 0 Å². The number of nitrogens with zero attached hydrogens (tertiary/aromatic N) is 1. The topological polar surface area (TPSA) is 83.7 Å². The molecular weight excluding hydrogens is 319 g/mol. The fourth-order valence-corrected chi connectivity index (χ4v) is 2.48. The number of pyridine rings is 1. The van der Waals surface area contributed by atoms with Gasteiger partial charge in [-0.05, 0) is 57.4 Å². The first kappa shape index (κ1) is 17.4. The second-order valence-corrected chi connectivity index (χ2v) is 6.98. The Morgan fingerprint density at radius 2 is 1.80 bits per heavy atom. The van der Waals surface area contributed by atoms with Crippen LogP contribution < -0.4 is 15.9 Å². The second-order valence-electron chi connectivity index (χ2n) is 6.98. The minimum Gasteiger partial charge on any atom is -0.438 e. The lowest BCUT2D eigenvalue weighted by molar-refractivity contribution is 0.00578. The predicted molar refractivity (Wildman–Crippen MR) is 95.0 cm³/mol. The third-order valence-corrected chi connectivity index (χ3v) is 4.63. The molecule has 1 saturated heterocycles. The number of nitrogens with two attached hydrogens (primary N) is 1. The van der Waals surface area contributed by atoms with Gasteiger partial charge in [-0.2, -0.15) is 0 Å². The van der Waals surface area contributed by atoms with Gasteiger partial charge in [0.15, 0.2) is 0 Å². The van der Waals surface area contributed by atoms with Crippen molar-refractivity contribution >= 4 is 18.5 Å². The number of primary amides is 1. The molecule has 0 atom stereocenters. The lowest BCUT2D eigenvalue weighted by Gasteiger charge is -2.32. The molecule has 130 valence electrons. The van der Waals surface area contributed by atoms with Crippen molar-refractivity contribution in [3.05, 3.63) is 48.2 Å². The highest BCUT2D eigenvalue weighted by atomic mass is 16.7. The molecule has 0 bridgehead atoms. The van der Waals surface area contributed by atoms with Gasteiger partial charge in [0.1, 0.15) is 11.3 Å². The molecule has 7 heteroatoms. The van der Waals surface area contributed by atoms with Crippen LogP contribution in [0, 0.1) is 0 Å². The Labute approximate surface area is 147 Å². The Balaban J connectivity index is 1.85. The lowest BCUT2D eigenvalue weighted by atomic mass is 9.79. The summed E-state index contributed by atoms with van der Waals surface area (Å²) in [5.74, 6) is 0.0969. The first-order chi connectivity index (χ1) is 11.7. The number of carbonyl (C=O) groups is 1. The molecule has 3 rings (SSSR count). The summed E-state index contributed by atoms with van der Waals surface area (Å²) in [4.78, 5) is 15.6. The van der Waals surface area contributed by atoms with Crippen LogP contribution in [0.25, 0.3) is 0 Å². The summed E-state index contributed by atoms with van der Waals surface area (Å²) in [6, 6.07) is 10.5. The molecule has 2 heterocycles. The first-order valence-corrected chi connectivity index (χ1v) is 8.08. The number of aromatic nitrogens is 1. The van der Waals surface area contributed by atoms with Crippen LogP contribution >= 0.6 is 0 Å². The molecule has 0 spiro atoms. The van der Waals surface area contributed by atoms with E-state index in [1.54, 1.807) is 24.4 Å². The van der Waals surface area contributed by atoms with Crippen LogP contribution in [0.3, 0.4) is 0 Å². The van der Waals surface area contributed by atoms with Gasteiger partial charge >= 0.3 is 7.12 Å². The normalized spacial score (nSPS) is 18.2. The number of ether oxygens (including phenoxy) is 1. The molecule has 2 N–H and O–H groups in total. The fourth-order valence-electron chi connectivity index (χ4n) is 2.48. The molecule has 1 fully saturated rings. The highest BCUT2D eigenvalue weighted by molar-refractivity contribution is 6.62. The van der Waals surface area contributed by atoms with Crippen molar-refractivity contribution in [3.63, 3.8) is 0 Å². The average molecular weight is 340 g/mol. The van der Waals surface area contributed by atoms with E-state index < -0.39 is 24.2 Å². The lowest BCUT2D eigenvalue weighted by Crippen LogP contribution is -2.41. The summed E-state index contributed by atoms with van der Waals surface area (Å²) in [6.07, 6.45) is 1.54. The number of hydrogen-bond donors (Lipinski definition) is 1. The molecule has 1 aromatic carbocycles. The number of hydrogen-bond acceptors (Lipinski definition) is 5. The minimum atomic E-state index is -0.592. The van der Waals surface area contributed by atoms with Crippen LogP contribution in [0.4, 0.5) is 0 Å². The van der Waals surface area contributed by atoms with Crippen molar-refractivity contribution in [2.24, 2.45) is 5.73 Å². The maximum atomic E-state index is 11.5. The average Bonchev–Trinajstić information content (AvgIpc) is 2.76. The van der Waals surface area contributed by atoms with E-state index in [2.05, 4.69) is 4.98 Å². The monoisotopic (exact) mass is 340 g/mol. The van der Waals surface area contributed by atoms with Gasteiger partial charge < -0.3 is 19.8 Å². The molecule has 0 saturated carbocycles. The fraction of sp³-hybridized carbons (Fsp3) is 0.333. The van der Waals surface area contributed by atoms with Crippen LogP contribution in [-0.4, -0.2) is 29.2 Å². The largest absolute Gasteiger partial charge is 0.494 e. The molecular formula is C18H21BN2O4. The van der Waals surface area contributed by atoms with Gasteiger partial charge in [0, 0.05) is 6.20 Å². The molecule has 1 amide bonds. The molecule has 1 aromatic heterocycles. The number of amides is 1. The van der Waals surface area contributed by atoms with E-state index in [1.807, 2.05) is 45.9 Å². The molecule has 2 aromatic rings. The SMILES string of the molecule is CC1(C)OB(c2cccc(Oc3ncccc3C(N)=O)c2)OC1(C)C. The van der Waals surface area contributed by atoms with Crippen molar-refractivity contribution in [2.75, 3.05) is 0 Å². The highest BCUT2D eigenvalue weighted by Crippen LogP contribution is 2.36. The predicted octanol–water partition coefficient (Wildman–Crippen LogP) is 2.27. The van der Waals surface area contributed by atoms with Gasteiger partial charge in [0.2, 0.25) is 5.88 Å². The molecule has 1 aliphatic heterocycles. The van der Waals surface area contributed by atoms with Gasteiger partial charge in [-0.25, -0.2) is 4.98 Å². The van der Waals surface area contributed by atoms with Crippen LogP contribution in [0.2, 0.25) is 0 Å². The van der Waals surface area contributed by atoms with Crippen LogP contribution in [0.1, 0.15) is 38.1 Å². The molecule has 1 aliphatic rings. The van der Waals surface area contributed by atoms with Crippen LogP contribution in [0.15, 0.2) is 42.6 Å². The highest BCUT2D eigenvalue weighted by Gasteiger charge is 2.51. The Hall–Kier alpha value is -2.38. The zero-order valence-corrected chi connectivity index (χ0v) is 14.8. The van der Waals surface area contributed by atoms with Gasteiger partial charge in [-0.1, -0.05) is 12.1 Å². The van der Waals surface area contributed by atoms with E-state index in [1.165, 1.54) is 0 Å². The molecule has 6 nitrogen and oxygen atoms in total. The van der Waals surface area contributed by atoms with Gasteiger partial charge in [-0.15, -0.1) is 0 Å². The third kappa shape index (κ3) is 3.38. The van der Waals surface area contributed by atoms with Crippen molar-refractivity contribution < 1.29 is 18.8 Å². The molecule has 0 unspecified atom stereocenters. The molecule has 0 radical (unpaired) electrons. The Morgan fingerprint density at radius 1 is 1.12 bits per heavy atom. The van der Waals surface area contributed by atoms with Gasteiger partial charge in [0.25, 0.3) is 5.91 Å². The van der Waals surface area contributed by atoms with Crippen molar-refractivity contribution in [1.82, 2.24) is 4.98 Å². The summed E-state index contributed by atoms with van der Waals surface area (Å²) in [5.41, 5.74) is 5.57. The maximum absolute atomic E-state index is 11.5. The summed E-state index contributed by atoms with van der Waals surface area (Å²) < 4.78 is 17.9. The molecule has 0 aliphatic carbocycles. The zero-order chi connectivity index (χ0) is 18.2. The standard InChI is InChI=1S/C18H21BN2O4/c1-17(2)18(3,4)25-19(24-17)12-7-5-8-13(11-12)23-16-14(15(20)22)9-6-10-21-16/h5-11H,1-4H3,(H2,20,22). The summed E-state index contributed by atoms with van der Waals surface area (Å²) in [7, 11) is -0.493. The minimum absolute atomic E-state index is 0.168. The van der Waals surface area contributed by atoms with Crippen molar-refractivity contribution in [3.8, 4) is 11.6 Å². The first-order valence-electron chi connectivity index (χ1n) is 8.08. The number of carbonyl (C=O) groups excluding carboxylic acids is 1. The van der Waals surface area contributed by atoms with E-state index in [9.17, 15) is 4.79 Å². The van der Waals surface area contributed by atoms with Crippen molar-refractivity contribution in [2.45, 2.75) is 38.9 Å². The Kier molecular flexibility index (Phi) is 4.30. The summed E-state index contributed by atoms with van der Waals surface area (Å²) in [6.45, 7) is 8.00. The second kappa shape index (κ2) is 6.17. The summed E-state index contributed by atoms with van der Waals surface area (Å²) >= 11 is 0.